The SMILES string of the molecule is CCC(C)(OC(=O)Oc1ccccc1)c1ccccc1. The molecule has 0 amide bonds. The maximum Gasteiger partial charge on any atom is 0.514 e. The van der Waals surface area contributed by atoms with E-state index in [1.165, 1.54) is 0 Å². The molecule has 3 nitrogen and oxygen atoms in total. The molecule has 0 aliphatic carbocycles. The highest BCUT2D eigenvalue weighted by atomic mass is 16.7. The second-order valence-corrected chi connectivity index (χ2v) is 4.72. The lowest BCUT2D eigenvalue weighted by Crippen LogP contribution is -2.30. The van der Waals surface area contributed by atoms with Crippen LogP contribution < -0.4 is 4.74 Å². The van der Waals surface area contributed by atoms with Gasteiger partial charge in [-0.25, -0.2) is 4.79 Å². The Morgan fingerprint density at radius 3 is 2.10 bits per heavy atom. The summed E-state index contributed by atoms with van der Waals surface area (Å²) in [5, 5.41) is 0. The second-order valence-electron chi connectivity index (χ2n) is 4.72. The molecule has 0 saturated heterocycles. The van der Waals surface area contributed by atoms with E-state index in [0.717, 1.165) is 5.56 Å². The van der Waals surface area contributed by atoms with E-state index in [2.05, 4.69) is 0 Å². The standard InChI is InChI=1S/C17H18O3/c1-3-17(2,14-10-6-4-7-11-14)20-16(18)19-15-12-8-5-9-13-15/h4-13H,3H2,1-2H3. The van der Waals surface area contributed by atoms with Gasteiger partial charge in [-0.15, -0.1) is 0 Å². The van der Waals surface area contributed by atoms with Crippen LogP contribution in [0.1, 0.15) is 25.8 Å². The zero-order valence-corrected chi connectivity index (χ0v) is 11.7. The number of carbonyl (C=O) groups excluding carboxylic acids is 1. The van der Waals surface area contributed by atoms with E-state index in [-0.39, 0.29) is 0 Å². The number of rotatable bonds is 4. The molecule has 0 aliphatic rings. The molecule has 0 aliphatic heterocycles. The van der Waals surface area contributed by atoms with Crippen LogP contribution >= 0.6 is 0 Å². The molecule has 1 unspecified atom stereocenters. The van der Waals surface area contributed by atoms with E-state index < -0.39 is 11.8 Å². The summed E-state index contributed by atoms with van der Waals surface area (Å²) >= 11 is 0. The fraction of sp³-hybridized carbons (Fsp3) is 0.235. The highest BCUT2D eigenvalue weighted by Crippen LogP contribution is 2.29. The molecule has 0 spiro atoms. The van der Waals surface area contributed by atoms with Gasteiger partial charge >= 0.3 is 6.16 Å². The average Bonchev–Trinajstić information content (AvgIpc) is 2.49. The van der Waals surface area contributed by atoms with Gasteiger partial charge in [-0.3, -0.25) is 0 Å². The van der Waals surface area contributed by atoms with Crippen molar-refractivity contribution in [1.82, 2.24) is 0 Å². The minimum absolute atomic E-state index is 0.476. The van der Waals surface area contributed by atoms with Gasteiger partial charge in [-0.2, -0.15) is 0 Å². The van der Waals surface area contributed by atoms with Crippen LogP contribution in [0.4, 0.5) is 4.79 Å². The monoisotopic (exact) mass is 270 g/mol. The largest absolute Gasteiger partial charge is 0.514 e. The van der Waals surface area contributed by atoms with Crippen LogP contribution in [0.2, 0.25) is 0 Å². The van der Waals surface area contributed by atoms with Crippen LogP contribution in [0.25, 0.3) is 0 Å². The molecule has 2 aromatic rings. The summed E-state index contributed by atoms with van der Waals surface area (Å²) in [6, 6.07) is 18.6. The average molecular weight is 270 g/mol. The zero-order chi connectivity index (χ0) is 14.4. The summed E-state index contributed by atoms with van der Waals surface area (Å²) in [5.74, 6) is 0.476. The summed E-state index contributed by atoms with van der Waals surface area (Å²) in [6.07, 6.45) is -0.0228. The molecular formula is C17H18O3. The predicted octanol–water partition coefficient (Wildman–Crippen LogP) is 4.53. The number of hydrogen-bond acceptors (Lipinski definition) is 3. The fourth-order valence-corrected chi connectivity index (χ4v) is 1.92. The van der Waals surface area contributed by atoms with E-state index in [0.29, 0.717) is 12.2 Å². The highest BCUT2D eigenvalue weighted by Gasteiger charge is 2.30. The molecule has 0 aromatic heterocycles. The van der Waals surface area contributed by atoms with Crippen LogP contribution in [0.15, 0.2) is 60.7 Å². The summed E-state index contributed by atoms with van der Waals surface area (Å²) in [5.41, 5.74) is 0.264. The van der Waals surface area contributed by atoms with E-state index >= 15 is 0 Å². The minimum atomic E-state index is -0.690. The van der Waals surface area contributed by atoms with Gasteiger partial charge in [-0.1, -0.05) is 55.5 Å². The fourth-order valence-electron chi connectivity index (χ4n) is 1.92. The molecule has 20 heavy (non-hydrogen) atoms. The second kappa shape index (κ2) is 6.24. The van der Waals surface area contributed by atoms with Gasteiger partial charge < -0.3 is 9.47 Å². The highest BCUT2D eigenvalue weighted by molar-refractivity contribution is 5.64. The molecule has 0 saturated carbocycles. The van der Waals surface area contributed by atoms with E-state index in [1.54, 1.807) is 24.3 Å². The van der Waals surface area contributed by atoms with Crippen molar-refractivity contribution in [2.24, 2.45) is 0 Å². The molecule has 2 rings (SSSR count). The molecule has 1 atom stereocenters. The third-order valence-electron chi connectivity index (χ3n) is 3.31. The van der Waals surface area contributed by atoms with Crippen molar-refractivity contribution < 1.29 is 14.3 Å². The van der Waals surface area contributed by atoms with Crippen LogP contribution in [-0.4, -0.2) is 6.16 Å². The Balaban J connectivity index is 2.08. The third kappa shape index (κ3) is 3.38. The zero-order valence-electron chi connectivity index (χ0n) is 11.7. The summed E-state index contributed by atoms with van der Waals surface area (Å²) in [4.78, 5) is 11.9. The summed E-state index contributed by atoms with van der Waals surface area (Å²) in [6.45, 7) is 3.86. The first-order valence-corrected chi connectivity index (χ1v) is 6.65. The quantitative estimate of drug-likeness (QED) is 0.605. The summed E-state index contributed by atoms with van der Waals surface area (Å²) in [7, 11) is 0. The van der Waals surface area contributed by atoms with Crippen molar-refractivity contribution in [3.63, 3.8) is 0 Å². The van der Waals surface area contributed by atoms with Crippen molar-refractivity contribution >= 4 is 6.16 Å². The number of carbonyl (C=O) groups is 1. The maximum absolute atomic E-state index is 11.9. The molecule has 104 valence electrons. The van der Waals surface area contributed by atoms with Gasteiger partial charge in [0.2, 0.25) is 0 Å². The van der Waals surface area contributed by atoms with Crippen LogP contribution in [0, 0.1) is 0 Å². The van der Waals surface area contributed by atoms with Crippen molar-refractivity contribution in [2.45, 2.75) is 25.9 Å². The molecule has 3 heteroatoms. The number of benzene rings is 2. The molecule has 0 N–H and O–H groups in total. The van der Waals surface area contributed by atoms with Gasteiger partial charge in [0.05, 0.1) is 0 Å². The van der Waals surface area contributed by atoms with Crippen molar-refractivity contribution in [2.75, 3.05) is 0 Å². The predicted molar refractivity (Wildman–Crippen MR) is 77.6 cm³/mol. The summed E-state index contributed by atoms with van der Waals surface area (Å²) < 4.78 is 10.7. The topological polar surface area (TPSA) is 35.5 Å². The Kier molecular flexibility index (Phi) is 4.41. The van der Waals surface area contributed by atoms with Gasteiger partial charge in [0.25, 0.3) is 0 Å². The van der Waals surface area contributed by atoms with Gasteiger partial charge in [-0.05, 0) is 31.0 Å². The number of hydrogen-bond donors (Lipinski definition) is 0. The van der Waals surface area contributed by atoms with Crippen LogP contribution in [0.3, 0.4) is 0 Å². The Labute approximate surface area is 119 Å². The van der Waals surface area contributed by atoms with Gasteiger partial charge in [0.15, 0.2) is 0 Å². The van der Waals surface area contributed by atoms with Crippen molar-refractivity contribution in [3.05, 3.63) is 66.2 Å². The Morgan fingerprint density at radius 2 is 1.55 bits per heavy atom. The minimum Gasteiger partial charge on any atom is -0.423 e. The third-order valence-corrected chi connectivity index (χ3v) is 3.31. The van der Waals surface area contributed by atoms with Crippen molar-refractivity contribution in [3.8, 4) is 5.75 Å². The normalized spacial score (nSPS) is 13.3. The van der Waals surface area contributed by atoms with E-state index in [9.17, 15) is 4.79 Å². The van der Waals surface area contributed by atoms with E-state index in [4.69, 9.17) is 9.47 Å². The lowest BCUT2D eigenvalue weighted by molar-refractivity contribution is -0.00838. The molecular weight excluding hydrogens is 252 g/mol. The molecule has 0 fully saturated rings. The Bertz CT molecular complexity index is 551. The first-order chi connectivity index (χ1) is 9.64. The molecule has 0 heterocycles. The van der Waals surface area contributed by atoms with Crippen molar-refractivity contribution in [1.29, 1.82) is 0 Å². The van der Waals surface area contributed by atoms with Gasteiger partial charge in [0, 0.05) is 0 Å². The van der Waals surface area contributed by atoms with Crippen LogP contribution in [-0.2, 0) is 10.3 Å². The molecule has 0 radical (unpaired) electrons. The Hall–Kier alpha value is -2.29. The molecule has 0 bridgehead atoms. The lowest BCUT2D eigenvalue weighted by atomic mass is 9.93. The van der Waals surface area contributed by atoms with E-state index in [1.807, 2.05) is 50.2 Å². The maximum atomic E-state index is 11.9. The van der Waals surface area contributed by atoms with Gasteiger partial charge in [0.1, 0.15) is 11.4 Å². The molecule has 2 aromatic carbocycles. The smallest absolute Gasteiger partial charge is 0.423 e. The van der Waals surface area contributed by atoms with Crippen LogP contribution in [0.5, 0.6) is 5.75 Å². The lowest BCUT2D eigenvalue weighted by Gasteiger charge is -2.28. The first kappa shape index (κ1) is 14.1. The number of ether oxygens (including phenoxy) is 2. The first-order valence-electron chi connectivity index (χ1n) is 6.65. The Morgan fingerprint density at radius 1 is 1.00 bits per heavy atom. The number of para-hydroxylation sites is 1.